The fraction of sp³-hybridized carbons (Fsp3) is 1.00. The van der Waals surface area contributed by atoms with E-state index in [1.54, 1.807) is 0 Å². The first-order chi connectivity index (χ1) is 8.20. The van der Waals surface area contributed by atoms with E-state index in [9.17, 15) is 0 Å². The van der Waals surface area contributed by atoms with Crippen molar-refractivity contribution in [3.8, 4) is 0 Å². The maximum Gasteiger partial charge on any atom is -0.0355 e. The molecule has 108 valence electrons. The van der Waals surface area contributed by atoms with Crippen LogP contribution in [0.3, 0.4) is 0 Å². The van der Waals surface area contributed by atoms with Gasteiger partial charge in [-0.1, -0.05) is 67.7 Å². The molecule has 4 unspecified atom stereocenters. The van der Waals surface area contributed by atoms with Gasteiger partial charge < -0.3 is 0 Å². The minimum absolute atomic E-state index is 0.513. The van der Waals surface area contributed by atoms with Crippen molar-refractivity contribution in [2.45, 2.75) is 80.6 Å². The first kappa shape index (κ1) is 16.1. The van der Waals surface area contributed by atoms with Gasteiger partial charge in [0.15, 0.2) is 0 Å². The Morgan fingerprint density at radius 2 is 1.50 bits per heavy atom. The SMILES string of the molecule is CC(CCC(C)C1CC1C(C)C)CCC(C)(C)C. The van der Waals surface area contributed by atoms with E-state index in [1.807, 2.05) is 0 Å². The van der Waals surface area contributed by atoms with Crippen molar-refractivity contribution in [3.63, 3.8) is 0 Å². The van der Waals surface area contributed by atoms with E-state index in [2.05, 4.69) is 48.5 Å². The summed E-state index contributed by atoms with van der Waals surface area (Å²) in [7, 11) is 0. The largest absolute Gasteiger partial charge is 0.0625 e. The molecule has 0 aromatic rings. The number of hydrogen-bond acceptors (Lipinski definition) is 0. The molecule has 1 aliphatic carbocycles. The van der Waals surface area contributed by atoms with Crippen molar-refractivity contribution in [3.05, 3.63) is 0 Å². The molecular formula is C18H36. The second kappa shape index (κ2) is 6.44. The van der Waals surface area contributed by atoms with E-state index in [-0.39, 0.29) is 0 Å². The highest BCUT2D eigenvalue weighted by Crippen LogP contribution is 2.50. The van der Waals surface area contributed by atoms with Crippen LogP contribution < -0.4 is 0 Å². The summed E-state index contributed by atoms with van der Waals surface area (Å²) in [6.45, 7) is 16.8. The maximum absolute atomic E-state index is 2.49. The zero-order valence-electron chi connectivity index (χ0n) is 13.9. The van der Waals surface area contributed by atoms with Crippen LogP contribution in [0, 0.1) is 35.0 Å². The first-order valence-corrected chi connectivity index (χ1v) is 8.20. The highest BCUT2D eigenvalue weighted by atomic mass is 14.5. The van der Waals surface area contributed by atoms with Gasteiger partial charge in [0, 0.05) is 0 Å². The maximum atomic E-state index is 2.49. The minimum atomic E-state index is 0.513. The molecule has 0 saturated heterocycles. The molecule has 0 N–H and O–H groups in total. The molecule has 0 radical (unpaired) electrons. The molecule has 0 spiro atoms. The fourth-order valence-electron chi connectivity index (χ4n) is 3.24. The van der Waals surface area contributed by atoms with Crippen molar-refractivity contribution in [2.24, 2.45) is 35.0 Å². The molecule has 0 nitrogen and oxygen atoms in total. The van der Waals surface area contributed by atoms with Crippen LogP contribution in [0.1, 0.15) is 80.6 Å². The van der Waals surface area contributed by atoms with Crippen molar-refractivity contribution < 1.29 is 0 Å². The molecule has 1 aliphatic rings. The second-order valence-corrected chi connectivity index (χ2v) is 8.57. The summed E-state index contributed by atoms with van der Waals surface area (Å²) in [5, 5.41) is 0. The summed E-state index contributed by atoms with van der Waals surface area (Å²) < 4.78 is 0. The van der Waals surface area contributed by atoms with Crippen LogP contribution in [0.5, 0.6) is 0 Å². The van der Waals surface area contributed by atoms with Crippen LogP contribution >= 0.6 is 0 Å². The lowest BCUT2D eigenvalue weighted by atomic mass is 9.84. The zero-order valence-corrected chi connectivity index (χ0v) is 13.9. The van der Waals surface area contributed by atoms with Crippen molar-refractivity contribution in [1.29, 1.82) is 0 Å². The molecule has 0 heterocycles. The average Bonchev–Trinajstić information content (AvgIpc) is 3.01. The molecule has 0 amide bonds. The summed E-state index contributed by atoms with van der Waals surface area (Å²) in [6.07, 6.45) is 7.20. The van der Waals surface area contributed by atoms with Crippen molar-refractivity contribution in [1.82, 2.24) is 0 Å². The van der Waals surface area contributed by atoms with Gasteiger partial charge in [0.05, 0.1) is 0 Å². The lowest BCUT2D eigenvalue weighted by Gasteiger charge is -2.22. The lowest BCUT2D eigenvalue weighted by molar-refractivity contribution is 0.302. The topological polar surface area (TPSA) is 0 Å². The zero-order chi connectivity index (χ0) is 13.9. The number of hydrogen-bond donors (Lipinski definition) is 0. The van der Waals surface area contributed by atoms with Crippen LogP contribution in [0.15, 0.2) is 0 Å². The quantitative estimate of drug-likeness (QED) is 0.509. The second-order valence-electron chi connectivity index (χ2n) is 8.57. The van der Waals surface area contributed by atoms with Crippen LogP contribution in [0.2, 0.25) is 0 Å². The molecule has 4 atom stereocenters. The Morgan fingerprint density at radius 1 is 0.889 bits per heavy atom. The summed E-state index contributed by atoms with van der Waals surface area (Å²) in [4.78, 5) is 0. The molecule has 1 saturated carbocycles. The smallest absolute Gasteiger partial charge is 0.0355 e. The van der Waals surface area contributed by atoms with Gasteiger partial charge in [-0.3, -0.25) is 0 Å². The predicted molar refractivity (Wildman–Crippen MR) is 82.7 cm³/mol. The Hall–Kier alpha value is 0. The Labute approximate surface area is 116 Å². The predicted octanol–water partition coefficient (Wildman–Crippen LogP) is 6.16. The van der Waals surface area contributed by atoms with Gasteiger partial charge in [-0.2, -0.15) is 0 Å². The molecule has 0 aromatic heterocycles. The average molecular weight is 252 g/mol. The standard InChI is InChI=1S/C18H36/c1-13(2)16-12-17(16)15(4)9-8-14(3)10-11-18(5,6)7/h13-17H,8-12H2,1-7H3. The monoisotopic (exact) mass is 252 g/mol. The van der Waals surface area contributed by atoms with Gasteiger partial charge >= 0.3 is 0 Å². The fourth-order valence-corrected chi connectivity index (χ4v) is 3.24. The van der Waals surface area contributed by atoms with Crippen LogP contribution in [0.25, 0.3) is 0 Å². The molecular weight excluding hydrogens is 216 g/mol. The molecule has 18 heavy (non-hydrogen) atoms. The molecule has 0 heteroatoms. The van der Waals surface area contributed by atoms with E-state index in [1.165, 1.54) is 32.1 Å². The lowest BCUT2D eigenvalue weighted by Crippen LogP contribution is -2.09. The van der Waals surface area contributed by atoms with Gasteiger partial charge in [0.1, 0.15) is 0 Å². The summed E-state index contributed by atoms with van der Waals surface area (Å²) in [6, 6.07) is 0. The van der Waals surface area contributed by atoms with E-state index in [4.69, 9.17) is 0 Å². The molecule has 1 rings (SSSR count). The van der Waals surface area contributed by atoms with Gasteiger partial charge in [0.2, 0.25) is 0 Å². The van der Waals surface area contributed by atoms with Crippen molar-refractivity contribution in [2.75, 3.05) is 0 Å². The third-order valence-corrected chi connectivity index (χ3v) is 4.98. The van der Waals surface area contributed by atoms with Crippen LogP contribution in [-0.4, -0.2) is 0 Å². The van der Waals surface area contributed by atoms with Gasteiger partial charge in [-0.15, -0.1) is 0 Å². The Kier molecular flexibility index (Phi) is 5.74. The van der Waals surface area contributed by atoms with Crippen LogP contribution in [0.4, 0.5) is 0 Å². The third kappa shape index (κ3) is 5.76. The summed E-state index contributed by atoms with van der Waals surface area (Å²) >= 11 is 0. The Morgan fingerprint density at radius 3 is 1.94 bits per heavy atom. The van der Waals surface area contributed by atoms with E-state index < -0.39 is 0 Å². The highest BCUT2D eigenvalue weighted by Gasteiger charge is 2.42. The van der Waals surface area contributed by atoms with Crippen LogP contribution in [-0.2, 0) is 0 Å². The van der Waals surface area contributed by atoms with Crippen molar-refractivity contribution >= 4 is 0 Å². The first-order valence-electron chi connectivity index (χ1n) is 8.20. The van der Waals surface area contributed by atoms with Gasteiger partial charge in [-0.05, 0) is 47.8 Å². The third-order valence-electron chi connectivity index (χ3n) is 4.98. The highest BCUT2D eigenvalue weighted by molar-refractivity contribution is 4.91. The van der Waals surface area contributed by atoms with Gasteiger partial charge in [0.25, 0.3) is 0 Å². The van der Waals surface area contributed by atoms with E-state index in [0.717, 1.165) is 29.6 Å². The molecule has 0 bridgehead atoms. The molecule has 0 aromatic carbocycles. The Bertz CT molecular complexity index is 233. The van der Waals surface area contributed by atoms with Gasteiger partial charge in [-0.25, -0.2) is 0 Å². The van der Waals surface area contributed by atoms with E-state index >= 15 is 0 Å². The minimum Gasteiger partial charge on any atom is -0.0625 e. The number of rotatable bonds is 7. The summed E-state index contributed by atoms with van der Waals surface area (Å²) in [5.74, 6) is 4.90. The van der Waals surface area contributed by atoms with E-state index in [0.29, 0.717) is 5.41 Å². The molecule has 0 aliphatic heterocycles. The Balaban J connectivity index is 2.13. The normalized spacial score (nSPS) is 27.3. The summed E-state index contributed by atoms with van der Waals surface area (Å²) in [5.41, 5.74) is 0.513. The molecule has 1 fully saturated rings.